The Labute approximate surface area is 220 Å². The van der Waals surface area contributed by atoms with Crippen molar-refractivity contribution in [3.05, 3.63) is 115 Å². The van der Waals surface area contributed by atoms with E-state index < -0.39 is 0 Å². The molecule has 5 heteroatoms. The minimum atomic E-state index is -0.108. The SMILES string of the molecule is CC(C)(C)c1cc(N(c2ccccc2)c2cc(C(C)(C)C)n(-c3ccccc3)n2)nn1-c1ccccc1. The maximum absolute atomic E-state index is 5.17. The van der Waals surface area contributed by atoms with Gasteiger partial charge in [-0.3, -0.25) is 4.90 Å². The van der Waals surface area contributed by atoms with E-state index in [2.05, 4.69) is 141 Å². The molecule has 3 aromatic carbocycles. The second kappa shape index (κ2) is 9.40. The first kappa shape index (κ1) is 24.6. The van der Waals surface area contributed by atoms with Gasteiger partial charge in [0, 0.05) is 28.7 Å². The molecule has 5 rings (SSSR count). The van der Waals surface area contributed by atoms with Crippen LogP contribution in [0.5, 0.6) is 0 Å². The fourth-order valence-electron chi connectivity index (χ4n) is 4.52. The fourth-order valence-corrected chi connectivity index (χ4v) is 4.52. The maximum atomic E-state index is 5.17. The third kappa shape index (κ3) is 4.94. The molecule has 0 unspecified atom stereocenters. The molecule has 2 heterocycles. The summed E-state index contributed by atoms with van der Waals surface area (Å²) in [5.74, 6) is 1.66. The van der Waals surface area contributed by atoms with Crippen LogP contribution in [0.3, 0.4) is 0 Å². The van der Waals surface area contributed by atoms with Gasteiger partial charge in [-0.2, -0.15) is 0 Å². The summed E-state index contributed by atoms with van der Waals surface area (Å²) in [6.45, 7) is 13.3. The lowest BCUT2D eigenvalue weighted by molar-refractivity contribution is 0.544. The average molecular weight is 490 g/mol. The van der Waals surface area contributed by atoms with Gasteiger partial charge in [0.2, 0.25) is 0 Å². The molecule has 0 radical (unpaired) electrons. The molecule has 188 valence electrons. The summed E-state index contributed by atoms with van der Waals surface area (Å²) < 4.78 is 4.12. The lowest BCUT2D eigenvalue weighted by Crippen LogP contribution is -2.17. The van der Waals surface area contributed by atoms with E-state index in [0.717, 1.165) is 40.1 Å². The third-order valence-corrected chi connectivity index (χ3v) is 6.40. The van der Waals surface area contributed by atoms with Gasteiger partial charge in [-0.15, -0.1) is 10.2 Å². The third-order valence-electron chi connectivity index (χ3n) is 6.40. The Balaban J connectivity index is 1.74. The minimum absolute atomic E-state index is 0.108. The lowest BCUT2D eigenvalue weighted by atomic mass is 9.91. The van der Waals surface area contributed by atoms with Gasteiger partial charge in [-0.1, -0.05) is 96.1 Å². The zero-order chi connectivity index (χ0) is 26.2. The Morgan fingerprint density at radius 3 is 1.22 bits per heavy atom. The van der Waals surface area contributed by atoms with E-state index in [1.807, 2.05) is 18.2 Å². The molecule has 5 nitrogen and oxygen atoms in total. The van der Waals surface area contributed by atoms with Crippen LogP contribution in [0.1, 0.15) is 52.9 Å². The molecule has 0 aliphatic carbocycles. The number of hydrogen-bond donors (Lipinski definition) is 0. The van der Waals surface area contributed by atoms with E-state index >= 15 is 0 Å². The molecule has 0 aliphatic heterocycles. The van der Waals surface area contributed by atoms with Crippen LogP contribution in [0, 0.1) is 0 Å². The fraction of sp³-hybridized carbons (Fsp3) is 0.250. The Hall–Kier alpha value is -4.12. The van der Waals surface area contributed by atoms with Crippen LogP contribution in [0.4, 0.5) is 17.3 Å². The highest BCUT2D eigenvalue weighted by molar-refractivity contribution is 5.73. The predicted molar refractivity (Wildman–Crippen MR) is 153 cm³/mol. The topological polar surface area (TPSA) is 38.9 Å². The molecule has 0 bridgehead atoms. The summed E-state index contributed by atoms with van der Waals surface area (Å²) in [5.41, 5.74) is 5.14. The van der Waals surface area contributed by atoms with Crippen molar-refractivity contribution in [2.45, 2.75) is 52.4 Å². The number of para-hydroxylation sites is 3. The van der Waals surface area contributed by atoms with Gasteiger partial charge in [0.25, 0.3) is 0 Å². The van der Waals surface area contributed by atoms with Crippen LogP contribution >= 0.6 is 0 Å². The molecule has 0 atom stereocenters. The molecule has 0 aliphatic rings. The van der Waals surface area contributed by atoms with Crippen molar-refractivity contribution in [3.8, 4) is 11.4 Å². The van der Waals surface area contributed by atoms with Crippen LogP contribution < -0.4 is 4.90 Å². The van der Waals surface area contributed by atoms with Crippen LogP contribution in [0.2, 0.25) is 0 Å². The van der Waals surface area contributed by atoms with E-state index in [0.29, 0.717) is 0 Å². The summed E-state index contributed by atoms with van der Waals surface area (Å²) in [6.07, 6.45) is 0. The zero-order valence-electron chi connectivity index (χ0n) is 22.6. The van der Waals surface area contributed by atoms with Gasteiger partial charge >= 0.3 is 0 Å². The van der Waals surface area contributed by atoms with Gasteiger partial charge < -0.3 is 0 Å². The van der Waals surface area contributed by atoms with E-state index in [9.17, 15) is 0 Å². The molecule has 0 amide bonds. The summed E-state index contributed by atoms with van der Waals surface area (Å²) in [6, 6.07) is 35.4. The summed E-state index contributed by atoms with van der Waals surface area (Å²) in [5, 5.41) is 10.3. The van der Waals surface area contributed by atoms with E-state index in [1.165, 1.54) is 0 Å². The van der Waals surface area contributed by atoms with Crippen molar-refractivity contribution in [2.75, 3.05) is 4.90 Å². The standard InChI is InChI=1S/C32H35N5/c1-31(2,3)27-22-29(33-36(27)25-18-12-8-13-19-25)35(24-16-10-7-11-17-24)30-23-28(32(4,5)6)37(34-30)26-20-14-9-15-21-26/h7-23H,1-6H3. The average Bonchev–Trinajstić information content (AvgIpc) is 3.52. The van der Waals surface area contributed by atoms with Crippen LogP contribution in [0.15, 0.2) is 103 Å². The molecule has 0 N–H and O–H groups in total. The van der Waals surface area contributed by atoms with Gasteiger partial charge in [-0.05, 0) is 36.4 Å². The van der Waals surface area contributed by atoms with Crippen molar-refractivity contribution in [1.82, 2.24) is 19.6 Å². The molecule has 5 aromatic rings. The Morgan fingerprint density at radius 2 is 0.865 bits per heavy atom. The second-order valence-electron chi connectivity index (χ2n) is 11.4. The van der Waals surface area contributed by atoms with Crippen LogP contribution in [-0.2, 0) is 10.8 Å². The first-order chi connectivity index (χ1) is 17.6. The Kier molecular flexibility index (Phi) is 6.24. The number of hydrogen-bond acceptors (Lipinski definition) is 3. The monoisotopic (exact) mass is 489 g/mol. The predicted octanol–water partition coefficient (Wildman–Crippen LogP) is 8.12. The van der Waals surface area contributed by atoms with Crippen molar-refractivity contribution in [1.29, 1.82) is 0 Å². The number of nitrogens with zero attached hydrogens (tertiary/aromatic N) is 5. The normalized spacial score (nSPS) is 12.1. The lowest BCUT2D eigenvalue weighted by Gasteiger charge is -2.20. The number of anilines is 3. The van der Waals surface area contributed by atoms with Gasteiger partial charge in [-0.25, -0.2) is 9.36 Å². The highest BCUT2D eigenvalue weighted by Gasteiger charge is 2.29. The molecular formula is C32H35N5. The largest absolute Gasteiger partial charge is 0.276 e. The molecular weight excluding hydrogens is 454 g/mol. The van der Waals surface area contributed by atoms with Gasteiger partial charge in [0.1, 0.15) is 0 Å². The Bertz CT molecular complexity index is 1370. The summed E-state index contributed by atoms with van der Waals surface area (Å²) in [4.78, 5) is 2.16. The smallest absolute Gasteiger partial charge is 0.161 e. The van der Waals surface area contributed by atoms with Crippen molar-refractivity contribution >= 4 is 17.3 Å². The first-order valence-electron chi connectivity index (χ1n) is 12.8. The minimum Gasteiger partial charge on any atom is -0.276 e. The molecule has 0 saturated heterocycles. The molecule has 0 spiro atoms. The number of aromatic nitrogens is 4. The van der Waals surface area contributed by atoms with E-state index in [1.54, 1.807) is 0 Å². The highest BCUT2D eigenvalue weighted by atomic mass is 15.4. The molecule has 0 fully saturated rings. The summed E-state index contributed by atoms with van der Waals surface area (Å²) in [7, 11) is 0. The highest BCUT2D eigenvalue weighted by Crippen LogP contribution is 2.38. The second-order valence-corrected chi connectivity index (χ2v) is 11.4. The Morgan fingerprint density at radius 1 is 0.514 bits per heavy atom. The van der Waals surface area contributed by atoms with Crippen LogP contribution in [0.25, 0.3) is 11.4 Å². The molecule has 2 aromatic heterocycles. The quantitative estimate of drug-likeness (QED) is 0.250. The number of benzene rings is 3. The van der Waals surface area contributed by atoms with Crippen molar-refractivity contribution < 1.29 is 0 Å². The maximum Gasteiger partial charge on any atom is 0.161 e. The van der Waals surface area contributed by atoms with E-state index in [-0.39, 0.29) is 10.8 Å². The molecule has 0 saturated carbocycles. The van der Waals surface area contributed by atoms with Gasteiger partial charge in [0.05, 0.1) is 22.8 Å². The first-order valence-corrected chi connectivity index (χ1v) is 12.8. The number of rotatable bonds is 5. The van der Waals surface area contributed by atoms with Gasteiger partial charge in [0.15, 0.2) is 11.6 Å². The van der Waals surface area contributed by atoms with Crippen molar-refractivity contribution in [3.63, 3.8) is 0 Å². The van der Waals surface area contributed by atoms with Crippen molar-refractivity contribution in [2.24, 2.45) is 0 Å². The summed E-state index contributed by atoms with van der Waals surface area (Å²) >= 11 is 0. The molecule has 37 heavy (non-hydrogen) atoms. The van der Waals surface area contributed by atoms with Crippen LogP contribution in [-0.4, -0.2) is 19.6 Å². The van der Waals surface area contributed by atoms with E-state index in [4.69, 9.17) is 10.2 Å². The zero-order valence-corrected chi connectivity index (χ0v) is 22.6.